The molecule has 0 saturated heterocycles. The Balaban J connectivity index is 1.74. The van der Waals surface area contributed by atoms with Gasteiger partial charge in [0, 0.05) is 18.9 Å². The normalized spacial score (nSPS) is 15.9. The Morgan fingerprint density at radius 3 is 2.68 bits per heavy atom. The Bertz CT molecular complexity index is 1120. The number of aliphatic hydroxyl groups is 1. The van der Waals surface area contributed by atoms with Gasteiger partial charge in [0.2, 0.25) is 5.78 Å². The molecule has 1 amide bonds. The van der Waals surface area contributed by atoms with Crippen molar-refractivity contribution >= 4 is 23.0 Å². The van der Waals surface area contributed by atoms with Crippen molar-refractivity contribution in [2.75, 3.05) is 6.61 Å². The molecule has 3 aromatic rings. The Hall–Kier alpha value is -3.71. The highest BCUT2D eigenvalue weighted by molar-refractivity contribution is 7.12. The molecular weight excluding hydrogens is 412 g/mol. The maximum absolute atomic E-state index is 13.2. The molecule has 7 heteroatoms. The lowest BCUT2D eigenvalue weighted by Crippen LogP contribution is -2.30. The maximum atomic E-state index is 13.2. The quantitative estimate of drug-likeness (QED) is 0.419. The molecule has 0 spiro atoms. The second-order valence-corrected chi connectivity index (χ2v) is 7.88. The number of hydrogen-bond acceptors (Lipinski definition) is 6. The Labute approximate surface area is 183 Å². The second kappa shape index (κ2) is 8.97. The third kappa shape index (κ3) is 4.13. The van der Waals surface area contributed by atoms with Crippen LogP contribution >= 0.6 is 11.3 Å². The number of ether oxygens (including phenoxy) is 1. The molecule has 156 valence electrons. The minimum Gasteiger partial charge on any atom is -0.503 e. The van der Waals surface area contributed by atoms with Gasteiger partial charge in [-0.3, -0.25) is 14.6 Å². The van der Waals surface area contributed by atoms with Gasteiger partial charge in [0.15, 0.2) is 5.76 Å². The molecule has 0 fully saturated rings. The van der Waals surface area contributed by atoms with Gasteiger partial charge in [-0.25, -0.2) is 0 Å². The first-order valence-electron chi connectivity index (χ1n) is 9.65. The van der Waals surface area contributed by atoms with E-state index in [2.05, 4.69) is 11.6 Å². The molecule has 4 rings (SSSR count). The first-order chi connectivity index (χ1) is 15.1. The number of aliphatic hydroxyl groups excluding tert-OH is 1. The summed E-state index contributed by atoms with van der Waals surface area (Å²) in [4.78, 5) is 32.3. The first-order valence-corrected chi connectivity index (χ1v) is 10.5. The van der Waals surface area contributed by atoms with Gasteiger partial charge in [-0.2, -0.15) is 0 Å². The molecule has 31 heavy (non-hydrogen) atoms. The van der Waals surface area contributed by atoms with Crippen molar-refractivity contribution in [2.45, 2.75) is 12.6 Å². The van der Waals surface area contributed by atoms with Gasteiger partial charge in [0.1, 0.15) is 12.4 Å². The molecule has 6 nitrogen and oxygen atoms in total. The van der Waals surface area contributed by atoms with Crippen LogP contribution in [0.3, 0.4) is 0 Å². The van der Waals surface area contributed by atoms with Crippen LogP contribution in [0.15, 0.2) is 90.3 Å². The van der Waals surface area contributed by atoms with E-state index in [0.29, 0.717) is 22.8 Å². The molecule has 0 unspecified atom stereocenters. The minimum atomic E-state index is -0.726. The standard InChI is InChI=1S/C24H20N2O4S/c1-2-12-30-18-9-7-17(8-10-18)21-20(22(27)19-6-4-13-31-19)23(28)24(29)26(21)15-16-5-3-11-25-14-16/h2-11,13-14,21,28H,1,12,15H2/t21-/m1/s1. The Kier molecular flexibility index (Phi) is 5.95. The van der Waals surface area contributed by atoms with Crippen molar-refractivity contribution in [3.63, 3.8) is 0 Å². The third-order valence-electron chi connectivity index (χ3n) is 4.93. The zero-order valence-electron chi connectivity index (χ0n) is 16.6. The number of thiophene rings is 1. The highest BCUT2D eigenvalue weighted by atomic mass is 32.1. The fourth-order valence-electron chi connectivity index (χ4n) is 3.53. The molecule has 0 saturated carbocycles. The van der Waals surface area contributed by atoms with Crippen LogP contribution in [0.2, 0.25) is 0 Å². The summed E-state index contributed by atoms with van der Waals surface area (Å²) in [7, 11) is 0. The third-order valence-corrected chi connectivity index (χ3v) is 5.80. The highest BCUT2D eigenvalue weighted by Crippen LogP contribution is 2.40. The van der Waals surface area contributed by atoms with Crippen LogP contribution in [-0.4, -0.2) is 33.3 Å². The summed E-state index contributed by atoms with van der Waals surface area (Å²) in [5, 5.41) is 12.5. The molecule has 0 bridgehead atoms. The van der Waals surface area contributed by atoms with Crippen LogP contribution in [0, 0.1) is 0 Å². The van der Waals surface area contributed by atoms with E-state index in [1.165, 1.54) is 16.2 Å². The summed E-state index contributed by atoms with van der Waals surface area (Å²) in [6.07, 6.45) is 4.96. The summed E-state index contributed by atoms with van der Waals surface area (Å²) < 4.78 is 5.54. The zero-order valence-corrected chi connectivity index (χ0v) is 17.4. The van der Waals surface area contributed by atoms with Crippen molar-refractivity contribution in [3.05, 3.63) is 106 Å². The van der Waals surface area contributed by atoms with Crippen molar-refractivity contribution in [3.8, 4) is 5.75 Å². The number of pyridine rings is 1. The number of nitrogens with zero attached hydrogens (tertiary/aromatic N) is 2. The van der Waals surface area contributed by atoms with Crippen molar-refractivity contribution < 1.29 is 19.4 Å². The summed E-state index contributed by atoms with van der Waals surface area (Å²) in [6.45, 7) is 4.21. The first kappa shape index (κ1) is 20.6. The SMILES string of the molecule is C=CCOc1ccc([C@@H]2C(C(=O)c3cccs3)=C(O)C(=O)N2Cc2cccnc2)cc1. The summed E-state index contributed by atoms with van der Waals surface area (Å²) in [5.41, 5.74) is 1.58. The highest BCUT2D eigenvalue weighted by Gasteiger charge is 2.44. The minimum absolute atomic E-state index is 0.0797. The van der Waals surface area contributed by atoms with Crippen molar-refractivity contribution in [2.24, 2.45) is 0 Å². The molecule has 2 aromatic heterocycles. The second-order valence-electron chi connectivity index (χ2n) is 6.93. The van der Waals surface area contributed by atoms with Gasteiger partial charge in [0.05, 0.1) is 16.5 Å². The van der Waals surface area contributed by atoms with E-state index in [4.69, 9.17) is 4.74 Å². The molecule has 0 radical (unpaired) electrons. The van der Waals surface area contributed by atoms with Crippen LogP contribution in [0.1, 0.15) is 26.8 Å². The average Bonchev–Trinajstić information content (AvgIpc) is 3.42. The number of amides is 1. The number of rotatable bonds is 8. The molecule has 3 heterocycles. The van der Waals surface area contributed by atoms with Crippen LogP contribution in [0.25, 0.3) is 0 Å². The van der Waals surface area contributed by atoms with Crippen molar-refractivity contribution in [1.82, 2.24) is 9.88 Å². The Morgan fingerprint density at radius 2 is 2.03 bits per heavy atom. The largest absolute Gasteiger partial charge is 0.503 e. The van der Waals surface area contributed by atoms with E-state index in [-0.39, 0.29) is 17.9 Å². The van der Waals surface area contributed by atoms with E-state index >= 15 is 0 Å². The predicted molar refractivity (Wildman–Crippen MR) is 118 cm³/mol. The molecule has 1 aromatic carbocycles. The fraction of sp³-hybridized carbons (Fsp3) is 0.125. The topological polar surface area (TPSA) is 79.7 Å². The number of Topliss-reactive ketones (excluding diaryl/α,β-unsaturated/α-hetero) is 1. The van der Waals surface area contributed by atoms with Gasteiger partial charge in [-0.1, -0.05) is 36.9 Å². The van der Waals surface area contributed by atoms with Crippen LogP contribution in [0.4, 0.5) is 0 Å². The van der Waals surface area contributed by atoms with Crippen molar-refractivity contribution in [1.29, 1.82) is 0 Å². The maximum Gasteiger partial charge on any atom is 0.290 e. The number of benzene rings is 1. The van der Waals surface area contributed by atoms with Crippen LogP contribution in [0.5, 0.6) is 5.75 Å². The van der Waals surface area contributed by atoms with E-state index < -0.39 is 17.7 Å². The predicted octanol–water partition coefficient (Wildman–Crippen LogP) is 4.49. The van der Waals surface area contributed by atoms with Crippen LogP contribution < -0.4 is 4.74 Å². The lowest BCUT2D eigenvalue weighted by Gasteiger charge is -2.27. The molecular formula is C24H20N2O4S. The molecule has 1 aliphatic heterocycles. The lowest BCUT2D eigenvalue weighted by atomic mass is 9.95. The lowest BCUT2D eigenvalue weighted by molar-refractivity contribution is -0.130. The fourth-order valence-corrected chi connectivity index (χ4v) is 4.20. The monoisotopic (exact) mass is 432 g/mol. The number of aromatic nitrogens is 1. The number of carbonyl (C=O) groups is 2. The summed E-state index contributed by atoms with van der Waals surface area (Å²) in [6, 6.07) is 13.5. The van der Waals surface area contributed by atoms with Gasteiger partial charge < -0.3 is 14.7 Å². The number of hydrogen-bond donors (Lipinski definition) is 1. The number of carbonyl (C=O) groups excluding carboxylic acids is 2. The van der Waals surface area contributed by atoms with Gasteiger partial charge in [0.25, 0.3) is 5.91 Å². The van der Waals surface area contributed by atoms with Gasteiger partial charge in [-0.15, -0.1) is 11.3 Å². The smallest absolute Gasteiger partial charge is 0.290 e. The number of ketones is 1. The van der Waals surface area contributed by atoms with E-state index in [0.717, 1.165) is 5.56 Å². The van der Waals surface area contributed by atoms with Gasteiger partial charge in [-0.05, 0) is 40.8 Å². The van der Waals surface area contributed by atoms with E-state index in [1.54, 1.807) is 66.3 Å². The molecule has 1 aliphatic rings. The van der Waals surface area contributed by atoms with E-state index in [1.807, 2.05) is 6.07 Å². The van der Waals surface area contributed by atoms with E-state index in [9.17, 15) is 14.7 Å². The summed E-state index contributed by atoms with van der Waals surface area (Å²) in [5.74, 6) is -0.808. The molecule has 1 N–H and O–H groups in total. The molecule has 0 aliphatic carbocycles. The Morgan fingerprint density at radius 1 is 1.23 bits per heavy atom. The molecule has 1 atom stereocenters. The average molecular weight is 433 g/mol. The van der Waals surface area contributed by atoms with Gasteiger partial charge >= 0.3 is 0 Å². The van der Waals surface area contributed by atoms with Crippen LogP contribution in [-0.2, 0) is 11.3 Å². The zero-order chi connectivity index (χ0) is 21.8. The summed E-state index contributed by atoms with van der Waals surface area (Å²) >= 11 is 1.27.